The Balaban J connectivity index is 2.41. The van der Waals surface area contributed by atoms with Crippen molar-refractivity contribution in [3.63, 3.8) is 0 Å². The molecule has 78 valence electrons. The molecule has 4 nitrogen and oxygen atoms in total. The van der Waals surface area contributed by atoms with Crippen LogP contribution in [-0.2, 0) is 0 Å². The zero-order valence-electron chi connectivity index (χ0n) is 8.59. The van der Waals surface area contributed by atoms with Gasteiger partial charge in [0.2, 0.25) is 0 Å². The molecule has 1 aliphatic rings. The molecule has 0 aliphatic carbocycles. The van der Waals surface area contributed by atoms with E-state index < -0.39 is 6.29 Å². The molecule has 1 aliphatic heterocycles. The minimum absolute atomic E-state index is 0.434. The van der Waals surface area contributed by atoms with Gasteiger partial charge in [-0.15, -0.1) is 0 Å². The summed E-state index contributed by atoms with van der Waals surface area (Å²) in [5.74, 6) is 0.656. The number of nitrogens with two attached hydrogens (primary N) is 2. The van der Waals surface area contributed by atoms with E-state index >= 15 is 0 Å². The summed E-state index contributed by atoms with van der Waals surface area (Å²) in [6.45, 7) is 1.92. The van der Waals surface area contributed by atoms with Crippen molar-refractivity contribution < 1.29 is 0 Å². The second-order valence-corrected chi connectivity index (χ2v) is 3.47. The monoisotopic (exact) mass is 202 g/mol. The molecule has 1 unspecified atom stereocenters. The van der Waals surface area contributed by atoms with Gasteiger partial charge in [0.05, 0.1) is 0 Å². The highest BCUT2D eigenvalue weighted by Gasteiger charge is 2.20. The molecule has 0 aromatic heterocycles. The van der Waals surface area contributed by atoms with Crippen LogP contribution in [0.5, 0.6) is 0 Å². The number of rotatable bonds is 1. The van der Waals surface area contributed by atoms with E-state index in [9.17, 15) is 0 Å². The van der Waals surface area contributed by atoms with Gasteiger partial charge >= 0.3 is 0 Å². The molecule has 1 heterocycles. The summed E-state index contributed by atoms with van der Waals surface area (Å²) in [6.07, 6.45) is 1.27. The van der Waals surface area contributed by atoms with Gasteiger partial charge in [-0.1, -0.05) is 18.2 Å². The fourth-order valence-corrected chi connectivity index (χ4v) is 1.53. The molecule has 0 fully saturated rings. The smallest absolute Gasteiger partial charge is 0.178 e. The maximum Gasteiger partial charge on any atom is 0.178 e. The summed E-state index contributed by atoms with van der Waals surface area (Å²) >= 11 is 0. The van der Waals surface area contributed by atoms with Crippen LogP contribution in [0.2, 0.25) is 0 Å². The van der Waals surface area contributed by atoms with E-state index in [1.165, 1.54) is 0 Å². The van der Waals surface area contributed by atoms with Crippen molar-refractivity contribution in [3.05, 3.63) is 41.7 Å². The van der Waals surface area contributed by atoms with Crippen molar-refractivity contribution in [1.29, 1.82) is 0 Å². The minimum atomic E-state index is -0.434. The van der Waals surface area contributed by atoms with Crippen molar-refractivity contribution >= 4 is 11.9 Å². The lowest BCUT2D eigenvalue weighted by Crippen LogP contribution is -2.45. The molecule has 0 saturated heterocycles. The van der Waals surface area contributed by atoms with Crippen molar-refractivity contribution in [2.24, 2.45) is 16.5 Å². The van der Waals surface area contributed by atoms with Crippen LogP contribution in [0, 0.1) is 0 Å². The van der Waals surface area contributed by atoms with Gasteiger partial charge in [0.1, 0.15) is 5.82 Å². The van der Waals surface area contributed by atoms with Gasteiger partial charge in [-0.3, -0.25) is 15.6 Å². The minimum Gasteiger partial charge on any atom is -0.385 e. The summed E-state index contributed by atoms with van der Waals surface area (Å²) in [7, 11) is 0. The van der Waals surface area contributed by atoms with E-state index in [2.05, 4.69) is 4.99 Å². The van der Waals surface area contributed by atoms with Crippen LogP contribution < -0.4 is 16.4 Å². The highest BCUT2D eigenvalue weighted by molar-refractivity contribution is 5.82. The molecular formula is C11H14N4. The Morgan fingerprint density at radius 3 is 2.60 bits per heavy atom. The topological polar surface area (TPSA) is 67.6 Å². The first kappa shape index (κ1) is 9.73. The number of allylic oxidation sites excluding steroid dienone is 1. The van der Waals surface area contributed by atoms with Gasteiger partial charge in [0, 0.05) is 17.5 Å². The van der Waals surface area contributed by atoms with Crippen LogP contribution in [-0.4, -0.2) is 12.5 Å². The van der Waals surface area contributed by atoms with Crippen LogP contribution in [0.3, 0.4) is 0 Å². The number of hydrogen-bond acceptors (Lipinski definition) is 4. The van der Waals surface area contributed by atoms with E-state index in [0.29, 0.717) is 5.82 Å². The van der Waals surface area contributed by atoms with Crippen molar-refractivity contribution in [1.82, 2.24) is 0 Å². The summed E-state index contributed by atoms with van der Waals surface area (Å²) in [6, 6.07) is 9.77. The largest absolute Gasteiger partial charge is 0.385 e. The number of hydrogen-bond donors (Lipinski definition) is 2. The lowest BCUT2D eigenvalue weighted by Gasteiger charge is -2.31. The lowest BCUT2D eigenvalue weighted by molar-refractivity contribution is 0.677. The number of nitrogens with zero attached hydrogens (tertiary/aromatic N) is 2. The molecule has 4 N–H and O–H groups in total. The molecule has 2 rings (SSSR count). The van der Waals surface area contributed by atoms with Crippen LogP contribution >= 0.6 is 0 Å². The first-order valence-corrected chi connectivity index (χ1v) is 4.79. The average Bonchev–Trinajstić information content (AvgIpc) is 2.26. The SMILES string of the molecule is CC1=C(N)N(c2ccccc2)C(N)N=C1. The van der Waals surface area contributed by atoms with Crippen LogP contribution in [0.1, 0.15) is 6.92 Å². The third kappa shape index (κ3) is 1.71. The second-order valence-electron chi connectivity index (χ2n) is 3.47. The van der Waals surface area contributed by atoms with Gasteiger partial charge in [0.15, 0.2) is 6.29 Å². The number of para-hydroxylation sites is 1. The van der Waals surface area contributed by atoms with Gasteiger partial charge in [-0.05, 0) is 19.1 Å². The quantitative estimate of drug-likeness (QED) is 0.714. The predicted octanol–water partition coefficient (Wildman–Crippen LogP) is 1.01. The highest BCUT2D eigenvalue weighted by Crippen LogP contribution is 2.21. The Kier molecular flexibility index (Phi) is 2.43. The first-order chi connectivity index (χ1) is 7.20. The standard InChI is InChI=1S/C11H14N4/c1-8-7-14-11(13)15(10(8)12)9-5-3-2-4-6-9/h2-7,11H,12-13H2,1H3. The van der Waals surface area contributed by atoms with Crippen LogP contribution in [0.25, 0.3) is 0 Å². The summed E-state index contributed by atoms with van der Waals surface area (Å²) in [4.78, 5) is 5.97. The second kappa shape index (κ2) is 3.74. The third-order valence-corrected chi connectivity index (χ3v) is 2.38. The van der Waals surface area contributed by atoms with Gasteiger partial charge in [-0.25, -0.2) is 0 Å². The summed E-state index contributed by atoms with van der Waals surface area (Å²) in [5.41, 5.74) is 13.7. The molecule has 1 atom stereocenters. The lowest BCUT2D eigenvalue weighted by atomic mass is 10.2. The maximum absolute atomic E-state index is 5.98. The van der Waals surface area contributed by atoms with Crippen molar-refractivity contribution in [2.75, 3.05) is 4.90 Å². The molecule has 0 radical (unpaired) electrons. The molecule has 15 heavy (non-hydrogen) atoms. The van der Waals surface area contributed by atoms with Crippen molar-refractivity contribution in [3.8, 4) is 0 Å². The molecule has 0 amide bonds. The van der Waals surface area contributed by atoms with Gasteiger partial charge < -0.3 is 5.73 Å². The third-order valence-electron chi connectivity index (χ3n) is 2.38. The van der Waals surface area contributed by atoms with E-state index in [1.54, 1.807) is 6.21 Å². The Bertz CT molecular complexity index is 408. The Morgan fingerprint density at radius 2 is 1.93 bits per heavy atom. The van der Waals surface area contributed by atoms with Crippen LogP contribution in [0.15, 0.2) is 46.7 Å². The molecule has 4 heteroatoms. The number of anilines is 1. The van der Waals surface area contributed by atoms with Gasteiger partial charge in [0.25, 0.3) is 0 Å². The summed E-state index contributed by atoms with van der Waals surface area (Å²) in [5, 5.41) is 0. The molecule has 1 aromatic carbocycles. The van der Waals surface area contributed by atoms with E-state index in [0.717, 1.165) is 11.3 Å². The van der Waals surface area contributed by atoms with E-state index in [1.807, 2.05) is 42.2 Å². The molecule has 0 bridgehead atoms. The maximum atomic E-state index is 5.98. The molecular weight excluding hydrogens is 188 g/mol. The summed E-state index contributed by atoms with van der Waals surface area (Å²) < 4.78 is 0. The van der Waals surface area contributed by atoms with Crippen LogP contribution in [0.4, 0.5) is 5.69 Å². The fraction of sp³-hybridized carbons (Fsp3) is 0.182. The first-order valence-electron chi connectivity index (χ1n) is 4.79. The van der Waals surface area contributed by atoms with Gasteiger partial charge in [-0.2, -0.15) is 0 Å². The zero-order valence-corrected chi connectivity index (χ0v) is 8.59. The predicted molar refractivity (Wildman–Crippen MR) is 62.3 cm³/mol. The fourth-order valence-electron chi connectivity index (χ4n) is 1.53. The van der Waals surface area contributed by atoms with E-state index in [4.69, 9.17) is 11.5 Å². The normalized spacial score (nSPS) is 20.9. The number of benzene rings is 1. The van der Waals surface area contributed by atoms with Crippen molar-refractivity contribution in [2.45, 2.75) is 13.2 Å². The molecule has 0 saturated carbocycles. The Morgan fingerprint density at radius 1 is 1.27 bits per heavy atom. The molecule has 1 aromatic rings. The Labute approximate surface area is 88.9 Å². The zero-order chi connectivity index (χ0) is 10.8. The average molecular weight is 202 g/mol. The number of aliphatic imine (C=N–C) groups is 1. The Hall–Kier alpha value is -1.81. The highest BCUT2D eigenvalue weighted by atomic mass is 15.4. The molecule has 0 spiro atoms. The van der Waals surface area contributed by atoms with E-state index in [-0.39, 0.29) is 0 Å².